The van der Waals surface area contributed by atoms with Crippen molar-refractivity contribution in [3.63, 3.8) is 0 Å². The molecule has 1 fully saturated rings. The van der Waals surface area contributed by atoms with Crippen LogP contribution in [-0.4, -0.2) is 70.7 Å². The second-order valence-corrected chi connectivity index (χ2v) is 7.70. The minimum atomic E-state index is -3.54. The van der Waals surface area contributed by atoms with Crippen LogP contribution in [0.4, 0.5) is 0 Å². The van der Waals surface area contributed by atoms with Gasteiger partial charge in [-0.2, -0.15) is 0 Å². The number of guanidine groups is 1. The molecule has 0 radical (unpaired) electrons. The van der Waals surface area contributed by atoms with Gasteiger partial charge >= 0.3 is 0 Å². The van der Waals surface area contributed by atoms with Crippen molar-refractivity contribution in [2.45, 2.75) is 18.2 Å². The van der Waals surface area contributed by atoms with Crippen molar-refractivity contribution in [2.24, 2.45) is 10.9 Å². The third-order valence-corrected chi connectivity index (χ3v) is 5.31. The zero-order valence-corrected chi connectivity index (χ0v) is 18.4. The SMILES string of the molecule is CCNC(=NCCNS(=O)(=O)c1cccnc1)N(C)CC1CCOC1.I. The summed E-state index contributed by atoms with van der Waals surface area (Å²) in [5, 5.41) is 3.23. The summed E-state index contributed by atoms with van der Waals surface area (Å²) >= 11 is 0. The van der Waals surface area contributed by atoms with Crippen LogP contribution in [0.15, 0.2) is 34.4 Å². The first-order chi connectivity index (χ1) is 12.0. The molecule has 0 amide bonds. The molecule has 148 valence electrons. The number of ether oxygens (including phenoxy) is 1. The lowest BCUT2D eigenvalue weighted by Crippen LogP contribution is -2.42. The van der Waals surface area contributed by atoms with Gasteiger partial charge in [-0.3, -0.25) is 9.98 Å². The topological polar surface area (TPSA) is 95.9 Å². The highest BCUT2D eigenvalue weighted by Gasteiger charge is 2.19. The first kappa shape index (κ1) is 23.1. The van der Waals surface area contributed by atoms with E-state index in [1.807, 2.05) is 14.0 Å². The Hall–Kier alpha value is -0.980. The predicted molar refractivity (Wildman–Crippen MR) is 112 cm³/mol. The second kappa shape index (κ2) is 11.7. The van der Waals surface area contributed by atoms with Gasteiger partial charge in [0.05, 0.1) is 13.2 Å². The molecule has 1 aliphatic rings. The van der Waals surface area contributed by atoms with Crippen LogP contribution in [0.1, 0.15) is 13.3 Å². The fourth-order valence-electron chi connectivity index (χ4n) is 2.60. The molecule has 0 spiro atoms. The van der Waals surface area contributed by atoms with E-state index in [0.717, 1.165) is 38.7 Å². The third-order valence-electron chi connectivity index (χ3n) is 3.86. The van der Waals surface area contributed by atoms with Gasteiger partial charge in [0.2, 0.25) is 10.0 Å². The molecule has 1 aromatic heterocycles. The first-order valence-corrected chi connectivity index (χ1v) is 9.98. The molecule has 1 aromatic rings. The number of halogens is 1. The Morgan fingerprint density at radius 3 is 2.92 bits per heavy atom. The maximum absolute atomic E-state index is 12.1. The fourth-order valence-corrected chi connectivity index (χ4v) is 3.59. The Kier molecular flexibility index (Phi) is 10.4. The van der Waals surface area contributed by atoms with Crippen LogP contribution in [0, 0.1) is 5.92 Å². The lowest BCUT2D eigenvalue weighted by atomic mass is 10.1. The number of hydrogen-bond donors (Lipinski definition) is 2. The molecular weight excluding hydrogens is 469 g/mol. The zero-order valence-electron chi connectivity index (χ0n) is 15.2. The van der Waals surface area contributed by atoms with Crippen molar-refractivity contribution >= 4 is 40.0 Å². The molecule has 1 atom stereocenters. The van der Waals surface area contributed by atoms with Gasteiger partial charge in [0.15, 0.2) is 5.96 Å². The molecule has 2 N–H and O–H groups in total. The quantitative estimate of drug-likeness (QED) is 0.240. The van der Waals surface area contributed by atoms with E-state index in [4.69, 9.17) is 4.74 Å². The smallest absolute Gasteiger partial charge is 0.242 e. The van der Waals surface area contributed by atoms with Crippen LogP contribution < -0.4 is 10.0 Å². The lowest BCUT2D eigenvalue weighted by Gasteiger charge is -2.24. The highest BCUT2D eigenvalue weighted by atomic mass is 127. The van der Waals surface area contributed by atoms with Gasteiger partial charge < -0.3 is 15.0 Å². The molecule has 1 unspecified atom stereocenters. The highest BCUT2D eigenvalue weighted by molar-refractivity contribution is 14.0. The zero-order chi connectivity index (χ0) is 18.1. The number of rotatable bonds is 8. The van der Waals surface area contributed by atoms with Crippen LogP contribution in [0.5, 0.6) is 0 Å². The number of sulfonamides is 1. The van der Waals surface area contributed by atoms with Crippen LogP contribution in [0.2, 0.25) is 0 Å². The number of aliphatic imine (C=N–C) groups is 1. The van der Waals surface area contributed by atoms with Crippen LogP contribution in [0.25, 0.3) is 0 Å². The summed E-state index contributed by atoms with van der Waals surface area (Å²) in [4.78, 5) is 10.6. The van der Waals surface area contributed by atoms with Crippen molar-refractivity contribution in [1.29, 1.82) is 0 Å². The van der Waals surface area contributed by atoms with Crippen LogP contribution >= 0.6 is 24.0 Å². The van der Waals surface area contributed by atoms with E-state index in [9.17, 15) is 8.42 Å². The number of hydrogen-bond acceptors (Lipinski definition) is 5. The van der Waals surface area contributed by atoms with Gasteiger partial charge in [0, 0.05) is 51.6 Å². The molecule has 0 saturated carbocycles. The Bertz CT molecular complexity index is 651. The summed E-state index contributed by atoms with van der Waals surface area (Å²) in [7, 11) is -1.56. The van der Waals surface area contributed by atoms with Crippen molar-refractivity contribution < 1.29 is 13.2 Å². The van der Waals surface area contributed by atoms with Crippen molar-refractivity contribution in [3.05, 3.63) is 24.5 Å². The average molecular weight is 497 g/mol. The molecule has 1 aliphatic heterocycles. The van der Waals surface area contributed by atoms with Crippen molar-refractivity contribution in [1.82, 2.24) is 19.9 Å². The van der Waals surface area contributed by atoms with Crippen LogP contribution in [0.3, 0.4) is 0 Å². The molecule has 0 aromatic carbocycles. The fraction of sp³-hybridized carbons (Fsp3) is 0.625. The summed E-state index contributed by atoms with van der Waals surface area (Å²) in [5.41, 5.74) is 0. The van der Waals surface area contributed by atoms with Gasteiger partial charge in [0.1, 0.15) is 4.90 Å². The molecule has 26 heavy (non-hydrogen) atoms. The predicted octanol–water partition coefficient (Wildman–Crippen LogP) is 0.912. The summed E-state index contributed by atoms with van der Waals surface area (Å²) in [6, 6.07) is 3.11. The van der Waals surface area contributed by atoms with Gasteiger partial charge in [-0.05, 0) is 25.5 Å². The van der Waals surface area contributed by atoms with Crippen LogP contribution in [-0.2, 0) is 14.8 Å². The minimum absolute atomic E-state index is 0. The highest BCUT2D eigenvalue weighted by Crippen LogP contribution is 2.13. The molecule has 0 aliphatic carbocycles. The summed E-state index contributed by atoms with van der Waals surface area (Å²) in [6.07, 6.45) is 3.93. The third kappa shape index (κ3) is 7.33. The molecule has 2 heterocycles. The van der Waals surface area contributed by atoms with Crippen molar-refractivity contribution in [3.8, 4) is 0 Å². The maximum atomic E-state index is 12.1. The molecule has 2 rings (SSSR count). The number of aromatic nitrogens is 1. The van der Waals surface area contributed by atoms with E-state index < -0.39 is 10.0 Å². The normalized spacial score (nSPS) is 17.6. The Morgan fingerprint density at radius 1 is 1.50 bits per heavy atom. The number of nitrogens with one attached hydrogen (secondary N) is 2. The maximum Gasteiger partial charge on any atom is 0.242 e. The molecule has 10 heteroatoms. The summed E-state index contributed by atoms with van der Waals surface area (Å²) < 4.78 is 32.2. The minimum Gasteiger partial charge on any atom is -0.381 e. The van der Waals surface area contributed by atoms with E-state index in [1.165, 1.54) is 18.5 Å². The van der Waals surface area contributed by atoms with Gasteiger partial charge in [0.25, 0.3) is 0 Å². The summed E-state index contributed by atoms with van der Waals surface area (Å²) in [5.74, 6) is 1.29. The average Bonchev–Trinajstić information content (AvgIpc) is 3.11. The Balaban J connectivity index is 0.00000338. The van der Waals surface area contributed by atoms with E-state index in [2.05, 4.69) is 24.9 Å². The number of pyridine rings is 1. The van der Waals surface area contributed by atoms with Crippen molar-refractivity contribution in [2.75, 3.05) is 46.4 Å². The lowest BCUT2D eigenvalue weighted by molar-refractivity contribution is 0.181. The second-order valence-electron chi connectivity index (χ2n) is 5.93. The van der Waals surface area contributed by atoms with E-state index in [-0.39, 0.29) is 35.4 Å². The van der Waals surface area contributed by atoms with E-state index in [1.54, 1.807) is 6.07 Å². The first-order valence-electron chi connectivity index (χ1n) is 8.50. The van der Waals surface area contributed by atoms with E-state index >= 15 is 0 Å². The molecular formula is C16H28IN5O3S. The molecule has 1 saturated heterocycles. The van der Waals surface area contributed by atoms with Gasteiger partial charge in [-0.25, -0.2) is 13.1 Å². The number of nitrogens with zero attached hydrogens (tertiary/aromatic N) is 3. The van der Waals surface area contributed by atoms with Gasteiger partial charge in [-0.15, -0.1) is 24.0 Å². The Labute approximate surface area is 172 Å². The molecule has 8 nitrogen and oxygen atoms in total. The largest absolute Gasteiger partial charge is 0.381 e. The van der Waals surface area contributed by atoms with E-state index in [0.29, 0.717) is 12.5 Å². The molecule has 0 bridgehead atoms. The summed E-state index contributed by atoms with van der Waals surface area (Å²) in [6.45, 7) is 5.82. The van der Waals surface area contributed by atoms with Gasteiger partial charge in [-0.1, -0.05) is 0 Å². The standard InChI is InChI=1S/C16H27N5O3S.HI/c1-3-18-16(21(2)12-14-6-10-24-13-14)19-8-9-20-25(22,23)15-5-4-7-17-11-15;/h4-5,7,11,14,20H,3,6,8-10,12-13H2,1-2H3,(H,18,19);1H. The Morgan fingerprint density at radius 2 is 2.31 bits per heavy atom. The monoisotopic (exact) mass is 497 g/mol.